The SMILES string of the molecule is COC(=O)c1c(OCCc2ccccn2)cc(=O)n2c1CCN(C(=O)[C@@H]1Cc3ccccc3O1)CC2. The minimum Gasteiger partial charge on any atom is -0.492 e. The van der Waals surface area contributed by atoms with E-state index in [-0.39, 0.29) is 35.9 Å². The maximum Gasteiger partial charge on any atom is 0.343 e. The highest BCUT2D eigenvalue weighted by molar-refractivity contribution is 5.93. The summed E-state index contributed by atoms with van der Waals surface area (Å²) in [7, 11) is 1.30. The number of esters is 1. The van der Waals surface area contributed by atoms with Gasteiger partial charge in [0.25, 0.3) is 11.5 Å². The van der Waals surface area contributed by atoms with Crippen molar-refractivity contribution in [3.05, 3.63) is 87.6 Å². The lowest BCUT2D eigenvalue weighted by Gasteiger charge is -2.23. The monoisotopic (exact) mass is 489 g/mol. The van der Waals surface area contributed by atoms with Crippen LogP contribution in [0.1, 0.15) is 27.3 Å². The fourth-order valence-corrected chi connectivity index (χ4v) is 4.74. The lowest BCUT2D eigenvalue weighted by Crippen LogP contribution is -2.43. The van der Waals surface area contributed by atoms with Crippen molar-refractivity contribution in [2.45, 2.75) is 31.9 Å². The molecule has 1 atom stereocenters. The third-order valence-corrected chi connectivity index (χ3v) is 6.56. The van der Waals surface area contributed by atoms with Crippen LogP contribution in [0.25, 0.3) is 0 Å². The zero-order valence-corrected chi connectivity index (χ0v) is 20.0. The molecule has 2 aliphatic rings. The Bertz CT molecular complexity index is 1310. The molecule has 0 unspecified atom stereocenters. The number of benzene rings is 1. The summed E-state index contributed by atoms with van der Waals surface area (Å²) in [6, 6.07) is 14.5. The number of hydrogen-bond acceptors (Lipinski definition) is 7. The van der Waals surface area contributed by atoms with Crippen molar-refractivity contribution < 1.29 is 23.8 Å². The second kappa shape index (κ2) is 10.2. The van der Waals surface area contributed by atoms with E-state index in [0.29, 0.717) is 38.0 Å². The Morgan fingerprint density at radius 2 is 1.94 bits per heavy atom. The summed E-state index contributed by atoms with van der Waals surface area (Å²) in [6.07, 6.45) is 2.45. The zero-order valence-electron chi connectivity index (χ0n) is 20.0. The standard InChI is InChI=1S/C27H27N3O6/c1-34-27(33)25-20-9-12-29(26(32)23-16-18-6-2-3-8-21(18)36-23)13-14-30(20)24(31)17-22(25)35-15-10-19-7-4-5-11-28-19/h2-8,11,17,23H,9-10,12-16H2,1H3/t23-/m0/s1. The van der Waals surface area contributed by atoms with Crippen LogP contribution in [-0.4, -0.2) is 59.2 Å². The molecule has 0 saturated carbocycles. The number of nitrogens with zero attached hydrogens (tertiary/aromatic N) is 3. The molecule has 2 aliphatic heterocycles. The summed E-state index contributed by atoms with van der Waals surface area (Å²) in [5.41, 5.74) is 2.29. The highest BCUT2D eigenvalue weighted by Gasteiger charge is 2.34. The fraction of sp³-hybridized carbons (Fsp3) is 0.333. The summed E-state index contributed by atoms with van der Waals surface area (Å²) in [6.45, 7) is 1.18. The number of amides is 1. The first-order chi connectivity index (χ1) is 17.5. The van der Waals surface area contributed by atoms with E-state index in [0.717, 1.165) is 17.0 Å². The number of pyridine rings is 2. The molecule has 0 aliphatic carbocycles. The van der Waals surface area contributed by atoms with Crippen molar-refractivity contribution in [1.29, 1.82) is 0 Å². The molecule has 9 heteroatoms. The predicted octanol–water partition coefficient (Wildman–Crippen LogP) is 2.04. The molecule has 9 nitrogen and oxygen atoms in total. The average Bonchev–Trinajstić information content (AvgIpc) is 3.21. The zero-order chi connectivity index (χ0) is 25.1. The molecular weight excluding hydrogens is 462 g/mol. The van der Waals surface area contributed by atoms with E-state index < -0.39 is 12.1 Å². The average molecular weight is 490 g/mol. The van der Waals surface area contributed by atoms with Gasteiger partial charge >= 0.3 is 5.97 Å². The van der Waals surface area contributed by atoms with E-state index in [1.807, 2.05) is 42.5 Å². The summed E-state index contributed by atoms with van der Waals surface area (Å²) >= 11 is 0. The van der Waals surface area contributed by atoms with Crippen LogP contribution < -0.4 is 15.0 Å². The molecule has 1 amide bonds. The van der Waals surface area contributed by atoms with Gasteiger partial charge in [-0.2, -0.15) is 0 Å². The Morgan fingerprint density at radius 3 is 2.72 bits per heavy atom. The molecule has 1 aromatic carbocycles. The van der Waals surface area contributed by atoms with Gasteiger partial charge in [-0.25, -0.2) is 4.79 Å². The summed E-state index contributed by atoms with van der Waals surface area (Å²) in [5, 5.41) is 0. The molecule has 0 bridgehead atoms. The first-order valence-corrected chi connectivity index (χ1v) is 12.0. The second-order valence-electron chi connectivity index (χ2n) is 8.72. The van der Waals surface area contributed by atoms with Gasteiger partial charge in [-0.15, -0.1) is 0 Å². The van der Waals surface area contributed by atoms with Crippen molar-refractivity contribution in [2.24, 2.45) is 0 Å². The maximum atomic E-state index is 13.3. The third kappa shape index (κ3) is 4.68. The van der Waals surface area contributed by atoms with Crippen LogP contribution in [-0.2, 0) is 35.3 Å². The van der Waals surface area contributed by atoms with Gasteiger partial charge in [-0.05, 0) is 23.8 Å². The van der Waals surface area contributed by atoms with Crippen molar-refractivity contribution >= 4 is 11.9 Å². The molecular formula is C27H27N3O6. The number of rotatable bonds is 6. The molecule has 4 heterocycles. The number of ether oxygens (including phenoxy) is 3. The Labute approximate surface area is 208 Å². The van der Waals surface area contributed by atoms with Crippen LogP contribution in [0, 0.1) is 0 Å². The number of fused-ring (bicyclic) bond motifs is 2. The van der Waals surface area contributed by atoms with Gasteiger partial charge in [0.15, 0.2) is 6.10 Å². The van der Waals surface area contributed by atoms with E-state index in [1.54, 1.807) is 11.1 Å². The van der Waals surface area contributed by atoms with Gasteiger partial charge < -0.3 is 23.7 Å². The Hall–Kier alpha value is -4.14. The largest absolute Gasteiger partial charge is 0.492 e. The number of aromatic nitrogens is 2. The number of hydrogen-bond donors (Lipinski definition) is 0. The predicted molar refractivity (Wildman–Crippen MR) is 130 cm³/mol. The van der Waals surface area contributed by atoms with Crippen LogP contribution in [0.4, 0.5) is 0 Å². The molecule has 5 rings (SSSR count). The van der Waals surface area contributed by atoms with E-state index in [4.69, 9.17) is 14.2 Å². The molecule has 0 radical (unpaired) electrons. The number of carbonyl (C=O) groups excluding carboxylic acids is 2. The van der Waals surface area contributed by atoms with Crippen molar-refractivity contribution in [3.8, 4) is 11.5 Å². The van der Waals surface area contributed by atoms with Gasteiger partial charge in [0.2, 0.25) is 0 Å². The molecule has 2 aromatic heterocycles. The Kier molecular flexibility index (Phi) is 6.71. The third-order valence-electron chi connectivity index (χ3n) is 6.56. The van der Waals surface area contributed by atoms with E-state index in [1.165, 1.54) is 17.7 Å². The lowest BCUT2D eigenvalue weighted by atomic mass is 10.1. The van der Waals surface area contributed by atoms with Crippen molar-refractivity contribution in [3.63, 3.8) is 0 Å². The molecule has 36 heavy (non-hydrogen) atoms. The first-order valence-electron chi connectivity index (χ1n) is 12.0. The van der Waals surface area contributed by atoms with Gasteiger partial charge in [-0.1, -0.05) is 24.3 Å². The molecule has 0 fully saturated rings. The second-order valence-corrected chi connectivity index (χ2v) is 8.72. The summed E-state index contributed by atoms with van der Waals surface area (Å²) in [4.78, 5) is 45.0. The van der Waals surface area contributed by atoms with Crippen molar-refractivity contribution in [1.82, 2.24) is 14.5 Å². The normalized spacial score (nSPS) is 16.4. The number of carbonyl (C=O) groups is 2. The van der Waals surface area contributed by atoms with Crippen LogP contribution >= 0.6 is 0 Å². The van der Waals surface area contributed by atoms with Gasteiger partial charge in [-0.3, -0.25) is 14.6 Å². The topological polar surface area (TPSA) is 100.0 Å². The highest BCUT2D eigenvalue weighted by Crippen LogP contribution is 2.30. The van der Waals surface area contributed by atoms with Crippen molar-refractivity contribution in [2.75, 3.05) is 26.8 Å². The van der Waals surface area contributed by atoms with E-state index in [9.17, 15) is 14.4 Å². The minimum atomic E-state index is -0.592. The van der Waals surface area contributed by atoms with E-state index in [2.05, 4.69) is 4.98 Å². The summed E-state index contributed by atoms with van der Waals surface area (Å²) < 4.78 is 18.3. The quantitative estimate of drug-likeness (QED) is 0.489. The molecule has 186 valence electrons. The number of methoxy groups -OCH3 is 1. The lowest BCUT2D eigenvalue weighted by molar-refractivity contribution is -0.137. The van der Waals surface area contributed by atoms with Gasteiger partial charge in [0.05, 0.1) is 13.7 Å². The minimum absolute atomic E-state index is 0.126. The molecule has 0 N–H and O–H groups in total. The molecule has 0 spiro atoms. The Morgan fingerprint density at radius 1 is 1.11 bits per heavy atom. The van der Waals surface area contributed by atoms with Crippen LogP contribution in [0.2, 0.25) is 0 Å². The Balaban J connectivity index is 1.35. The molecule has 0 saturated heterocycles. The van der Waals surface area contributed by atoms with E-state index >= 15 is 0 Å². The number of para-hydroxylation sites is 1. The maximum absolute atomic E-state index is 13.3. The fourth-order valence-electron chi connectivity index (χ4n) is 4.74. The highest BCUT2D eigenvalue weighted by atomic mass is 16.5. The van der Waals surface area contributed by atoms with Gasteiger partial charge in [0.1, 0.15) is 17.1 Å². The smallest absolute Gasteiger partial charge is 0.343 e. The van der Waals surface area contributed by atoms with Gasteiger partial charge in [0, 0.05) is 62.5 Å². The summed E-state index contributed by atoms with van der Waals surface area (Å²) in [5.74, 6) is 0.202. The van der Waals surface area contributed by atoms with Crippen LogP contribution in [0.15, 0.2) is 59.5 Å². The molecule has 3 aromatic rings. The van der Waals surface area contributed by atoms with Crippen LogP contribution in [0.3, 0.4) is 0 Å². The van der Waals surface area contributed by atoms with Crippen LogP contribution in [0.5, 0.6) is 11.5 Å². The first kappa shape index (κ1) is 23.6.